The van der Waals surface area contributed by atoms with Crippen LogP contribution in [0.25, 0.3) is 0 Å². The number of Topliss-reactive ketones (excluding diaryl/α,β-unsaturated/α-hetero) is 1. The molecule has 1 heteroatoms. The smallest absolute Gasteiger partial charge is 0.129 e. The molecule has 0 unspecified atom stereocenters. The Morgan fingerprint density at radius 1 is 1.20 bits per heavy atom. The minimum atomic E-state index is 0.318. The van der Waals surface area contributed by atoms with Crippen molar-refractivity contribution in [3.05, 3.63) is 0 Å². The number of carbonyl (C=O) groups excluding carboxylic acids is 1. The largest absolute Gasteiger partial charge is 0.300 e. The Labute approximate surface area is 64.8 Å². The van der Waals surface area contributed by atoms with Gasteiger partial charge in [0.05, 0.1) is 0 Å². The van der Waals surface area contributed by atoms with E-state index in [0.29, 0.717) is 5.78 Å². The molecule has 0 spiro atoms. The van der Waals surface area contributed by atoms with Crippen molar-refractivity contribution in [3.63, 3.8) is 0 Å². The standard InChI is InChI=1S/C7H14O.C2H6/c1-3-4-5-6-7(2)8;1-2/h3-6H2,1-2H3;1-2H3. The van der Waals surface area contributed by atoms with Crippen molar-refractivity contribution >= 4 is 5.78 Å². The van der Waals surface area contributed by atoms with Gasteiger partial charge in [-0.3, -0.25) is 0 Å². The first-order valence-corrected chi connectivity index (χ1v) is 4.26. The van der Waals surface area contributed by atoms with E-state index in [1.165, 1.54) is 12.8 Å². The SMILES string of the molecule is CC.CCCCCC(C)=O. The molecule has 1 nitrogen and oxygen atoms in total. The molecule has 0 N–H and O–H groups in total. The van der Waals surface area contributed by atoms with Gasteiger partial charge in [0.25, 0.3) is 0 Å². The van der Waals surface area contributed by atoms with Crippen LogP contribution in [0.1, 0.15) is 53.4 Å². The van der Waals surface area contributed by atoms with Crippen molar-refractivity contribution in [3.8, 4) is 0 Å². The lowest BCUT2D eigenvalue weighted by Crippen LogP contribution is -1.87. The van der Waals surface area contributed by atoms with Crippen LogP contribution in [-0.2, 0) is 4.79 Å². The molecule has 62 valence electrons. The summed E-state index contributed by atoms with van der Waals surface area (Å²) in [5.41, 5.74) is 0. The van der Waals surface area contributed by atoms with E-state index in [4.69, 9.17) is 0 Å². The van der Waals surface area contributed by atoms with Crippen LogP contribution in [0.4, 0.5) is 0 Å². The highest BCUT2D eigenvalue weighted by Gasteiger charge is 1.89. The molecule has 0 fully saturated rings. The Kier molecular flexibility index (Phi) is 14.2. The van der Waals surface area contributed by atoms with Gasteiger partial charge in [-0.15, -0.1) is 0 Å². The van der Waals surface area contributed by atoms with Crippen LogP contribution >= 0.6 is 0 Å². The van der Waals surface area contributed by atoms with E-state index in [1.807, 2.05) is 13.8 Å². The van der Waals surface area contributed by atoms with Crippen molar-refractivity contribution in [2.75, 3.05) is 0 Å². The zero-order valence-electron chi connectivity index (χ0n) is 7.74. The Morgan fingerprint density at radius 2 is 1.70 bits per heavy atom. The minimum Gasteiger partial charge on any atom is -0.300 e. The summed E-state index contributed by atoms with van der Waals surface area (Å²) < 4.78 is 0. The van der Waals surface area contributed by atoms with Crippen molar-refractivity contribution in [2.24, 2.45) is 0 Å². The van der Waals surface area contributed by atoms with Gasteiger partial charge in [0.2, 0.25) is 0 Å². The lowest BCUT2D eigenvalue weighted by Gasteiger charge is -1.90. The van der Waals surface area contributed by atoms with Crippen LogP contribution in [0.2, 0.25) is 0 Å². The van der Waals surface area contributed by atoms with Crippen LogP contribution < -0.4 is 0 Å². The maximum atomic E-state index is 10.3. The van der Waals surface area contributed by atoms with Gasteiger partial charge in [0.15, 0.2) is 0 Å². The van der Waals surface area contributed by atoms with E-state index in [1.54, 1.807) is 6.92 Å². The summed E-state index contributed by atoms with van der Waals surface area (Å²) in [6.07, 6.45) is 4.24. The van der Waals surface area contributed by atoms with Crippen LogP contribution in [0.15, 0.2) is 0 Å². The molecule has 0 aliphatic carbocycles. The Bertz CT molecular complexity index is 67.1. The van der Waals surface area contributed by atoms with Crippen LogP contribution in [0.3, 0.4) is 0 Å². The van der Waals surface area contributed by atoms with E-state index in [-0.39, 0.29) is 0 Å². The van der Waals surface area contributed by atoms with Crippen molar-refractivity contribution in [1.29, 1.82) is 0 Å². The van der Waals surface area contributed by atoms with Crippen molar-refractivity contribution < 1.29 is 4.79 Å². The first kappa shape index (κ1) is 12.4. The van der Waals surface area contributed by atoms with Gasteiger partial charge in [-0.1, -0.05) is 33.6 Å². The number of rotatable bonds is 4. The average molecular weight is 144 g/mol. The molecule has 0 aliphatic heterocycles. The minimum absolute atomic E-state index is 0.318. The second-order valence-electron chi connectivity index (χ2n) is 2.16. The van der Waals surface area contributed by atoms with Crippen LogP contribution in [-0.4, -0.2) is 5.78 Å². The molecule has 0 aromatic carbocycles. The molecule has 0 aliphatic rings. The summed E-state index contributed by atoms with van der Waals surface area (Å²) in [6.45, 7) is 7.79. The summed E-state index contributed by atoms with van der Waals surface area (Å²) in [5.74, 6) is 0.318. The molecule has 0 atom stereocenters. The van der Waals surface area contributed by atoms with E-state index in [9.17, 15) is 4.79 Å². The average Bonchev–Trinajstić information content (AvgIpc) is 1.92. The Morgan fingerprint density at radius 3 is 2.00 bits per heavy atom. The second-order valence-corrected chi connectivity index (χ2v) is 2.16. The lowest BCUT2D eigenvalue weighted by atomic mass is 10.2. The molecular formula is C9H20O. The third-order valence-corrected chi connectivity index (χ3v) is 1.13. The quantitative estimate of drug-likeness (QED) is 0.554. The molecule has 10 heavy (non-hydrogen) atoms. The van der Waals surface area contributed by atoms with E-state index < -0.39 is 0 Å². The maximum absolute atomic E-state index is 10.3. The molecule has 0 aromatic rings. The summed E-state index contributed by atoms with van der Waals surface area (Å²) in [6, 6.07) is 0. The number of ketones is 1. The number of hydrogen-bond donors (Lipinski definition) is 0. The van der Waals surface area contributed by atoms with E-state index >= 15 is 0 Å². The van der Waals surface area contributed by atoms with Crippen LogP contribution in [0, 0.1) is 0 Å². The van der Waals surface area contributed by atoms with Gasteiger partial charge in [-0.2, -0.15) is 0 Å². The van der Waals surface area contributed by atoms with Crippen LogP contribution in [0.5, 0.6) is 0 Å². The number of unbranched alkanes of at least 4 members (excludes halogenated alkanes) is 2. The maximum Gasteiger partial charge on any atom is 0.129 e. The molecule has 0 heterocycles. The first-order chi connectivity index (χ1) is 4.77. The summed E-state index contributed by atoms with van der Waals surface area (Å²) in [4.78, 5) is 10.3. The fourth-order valence-electron chi connectivity index (χ4n) is 0.624. The predicted molar refractivity (Wildman–Crippen MR) is 46.2 cm³/mol. The topological polar surface area (TPSA) is 17.1 Å². The second kappa shape index (κ2) is 11.5. The zero-order chi connectivity index (χ0) is 8.41. The molecule has 0 amide bonds. The number of carbonyl (C=O) groups is 1. The number of hydrogen-bond acceptors (Lipinski definition) is 1. The van der Waals surface area contributed by atoms with Crippen molar-refractivity contribution in [2.45, 2.75) is 53.4 Å². The molecular weight excluding hydrogens is 124 g/mol. The Balaban J connectivity index is 0. The fraction of sp³-hybridized carbons (Fsp3) is 0.889. The Hall–Kier alpha value is -0.330. The van der Waals surface area contributed by atoms with Gasteiger partial charge in [0, 0.05) is 6.42 Å². The highest BCUT2D eigenvalue weighted by atomic mass is 16.1. The first-order valence-electron chi connectivity index (χ1n) is 4.26. The lowest BCUT2D eigenvalue weighted by molar-refractivity contribution is -0.117. The predicted octanol–water partition coefficient (Wildman–Crippen LogP) is 3.18. The molecule has 0 saturated heterocycles. The highest BCUT2D eigenvalue weighted by molar-refractivity contribution is 5.75. The molecule has 0 saturated carbocycles. The van der Waals surface area contributed by atoms with E-state index in [2.05, 4.69) is 6.92 Å². The third-order valence-electron chi connectivity index (χ3n) is 1.13. The summed E-state index contributed by atoms with van der Waals surface area (Å²) in [5, 5.41) is 0. The highest BCUT2D eigenvalue weighted by Crippen LogP contribution is 1.98. The van der Waals surface area contributed by atoms with Gasteiger partial charge >= 0.3 is 0 Å². The molecule has 0 rings (SSSR count). The van der Waals surface area contributed by atoms with Gasteiger partial charge in [-0.05, 0) is 13.3 Å². The molecule has 0 aromatic heterocycles. The molecule has 0 radical (unpaired) electrons. The molecule has 0 bridgehead atoms. The third kappa shape index (κ3) is 15.6. The summed E-state index contributed by atoms with van der Waals surface area (Å²) in [7, 11) is 0. The monoisotopic (exact) mass is 144 g/mol. The summed E-state index contributed by atoms with van der Waals surface area (Å²) >= 11 is 0. The normalized spacial score (nSPS) is 8.00. The van der Waals surface area contributed by atoms with Gasteiger partial charge in [-0.25, -0.2) is 0 Å². The van der Waals surface area contributed by atoms with Crippen molar-refractivity contribution in [1.82, 2.24) is 0 Å². The zero-order valence-corrected chi connectivity index (χ0v) is 7.74. The van der Waals surface area contributed by atoms with Gasteiger partial charge < -0.3 is 4.79 Å². The van der Waals surface area contributed by atoms with Gasteiger partial charge in [0.1, 0.15) is 5.78 Å². The van der Waals surface area contributed by atoms with E-state index in [0.717, 1.165) is 12.8 Å². The fourth-order valence-corrected chi connectivity index (χ4v) is 0.624.